The molecule has 0 saturated heterocycles. The van der Waals surface area contributed by atoms with Gasteiger partial charge in [0.05, 0.1) is 6.10 Å². The maximum absolute atomic E-state index is 13.3. The van der Waals surface area contributed by atoms with E-state index in [2.05, 4.69) is 16.0 Å². The van der Waals surface area contributed by atoms with Crippen LogP contribution in [-0.2, 0) is 36.8 Å². The molecule has 2 aromatic carbocycles. The number of carbonyl (C=O) groups excluding carboxylic acids is 3. The largest absolute Gasteiger partial charge is 0.481 e. The zero-order valence-electron chi connectivity index (χ0n) is 21.4. The highest BCUT2D eigenvalue weighted by atomic mass is 16.4. The third kappa shape index (κ3) is 10.5. The van der Waals surface area contributed by atoms with Crippen molar-refractivity contribution in [2.75, 3.05) is 0 Å². The lowest BCUT2D eigenvalue weighted by atomic mass is 10.0. The summed E-state index contributed by atoms with van der Waals surface area (Å²) >= 11 is 0. The smallest absolute Gasteiger partial charge is 0.326 e. The van der Waals surface area contributed by atoms with Crippen LogP contribution >= 0.6 is 0 Å². The van der Waals surface area contributed by atoms with Gasteiger partial charge in [0.1, 0.15) is 24.2 Å². The Balaban J connectivity index is 2.24. The summed E-state index contributed by atoms with van der Waals surface area (Å²) in [6.07, 6.45) is -2.05. The number of benzene rings is 2. The number of nitrogens with one attached hydrogen (secondary N) is 3. The molecule has 2 aromatic rings. The number of aliphatic hydroxyl groups is 1. The van der Waals surface area contributed by atoms with E-state index in [0.29, 0.717) is 11.1 Å². The van der Waals surface area contributed by atoms with Crippen molar-refractivity contribution >= 4 is 29.7 Å². The first-order valence-corrected chi connectivity index (χ1v) is 12.3. The first-order valence-electron chi connectivity index (χ1n) is 12.3. The molecule has 39 heavy (non-hydrogen) atoms. The predicted molar refractivity (Wildman–Crippen MR) is 140 cm³/mol. The van der Waals surface area contributed by atoms with E-state index in [9.17, 15) is 34.2 Å². The number of aliphatic hydroxyl groups excluding tert-OH is 1. The molecule has 0 fully saturated rings. The highest BCUT2D eigenvalue weighted by Crippen LogP contribution is 2.08. The molecule has 3 amide bonds. The third-order valence-electron chi connectivity index (χ3n) is 5.92. The number of aliphatic carboxylic acids is 2. The summed E-state index contributed by atoms with van der Waals surface area (Å²) < 4.78 is 0. The Morgan fingerprint density at radius 1 is 0.718 bits per heavy atom. The average molecular weight is 543 g/mol. The van der Waals surface area contributed by atoms with Crippen molar-refractivity contribution in [1.29, 1.82) is 0 Å². The van der Waals surface area contributed by atoms with Gasteiger partial charge in [0, 0.05) is 19.3 Å². The van der Waals surface area contributed by atoms with Gasteiger partial charge in [0.25, 0.3) is 0 Å². The molecule has 0 aliphatic heterocycles. The predicted octanol–water partition coefficient (Wildman–Crippen LogP) is -0.416. The van der Waals surface area contributed by atoms with E-state index in [1.165, 1.54) is 6.92 Å². The van der Waals surface area contributed by atoms with Gasteiger partial charge in [-0.05, 0) is 24.5 Å². The second kappa shape index (κ2) is 15.2. The lowest BCUT2D eigenvalue weighted by Crippen LogP contribution is -2.58. The Morgan fingerprint density at radius 3 is 1.62 bits per heavy atom. The second-order valence-electron chi connectivity index (χ2n) is 9.10. The lowest BCUT2D eigenvalue weighted by Gasteiger charge is -2.25. The molecule has 0 bridgehead atoms. The topological polar surface area (TPSA) is 208 Å². The van der Waals surface area contributed by atoms with Crippen LogP contribution in [-0.4, -0.2) is 75.3 Å². The van der Waals surface area contributed by atoms with Crippen LogP contribution in [0.4, 0.5) is 0 Å². The number of amides is 3. The van der Waals surface area contributed by atoms with Crippen LogP contribution in [0.1, 0.15) is 30.9 Å². The van der Waals surface area contributed by atoms with Crippen LogP contribution in [0.15, 0.2) is 60.7 Å². The van der Waals surface area contributed by atoms with Gasteiger partial charge >= 0.3 is 11.9 Å². The number of nitrogens with two attached hydrogens (primary N) is 1. The SMILES string of the molecule is CC(O)C(N)C(=O)NC(Cc1ccccc1)C(=O)NC(CCC(=O)O)C(=O)NC(Cc1ccccc1)C(=O)O. The van der Waals surface area contributed by atoms with Crippen LogP contribution in [0, 0.1) is 0 Å². The summed E-state index contributed by atoms with van der Waals surface area (Å²) in [5.41, 5.74) is 7.02. The van der Waals surface area contributed by atoms with Gasteiger partial charge in [-0.25, -0.2) is 4.79 Å². The molecule has 210 valence electrons. The standard InChI is InChI=1S/C27H34N4O8/c1-16(32)23(28)26(37)30-20(14-17-8-4-2-5-9-17)25(36)29-19(12-13-22(33)34)24(35)31-21(27(38)39)15-18-10-6-3-7-11-18/h2-11,16,19-21,23,32H,12-15,28H2,1H3,(H,29,36)(H,30,37)(H,31,35)(H,33,34)(H,38,39). The molecule has 5 atom stereocenters. The number of hydrogen-bond donors (Lipinski definition) is 7. The monoisotopic (exact) mass is 542 g/mol. The molecule has 2 rings (SSSR count). The van der Waals surface area contributed by atoms with E-state index in [4.69, 9.17) is 10.8 Å². The Hall–Kier alpha value is -4.29. The van der Waals surface area contributed by atoms with Crippen molar-refractivity contribution in [2.45, 2.75) is 62.9 Å². The van der Waals surface area contributed by atoms with Gasteiger partial charge < -0.3 is 37.0 Å². The van der Waals surface area contributed by atoms with E-state index in [1.54, 1.807) is 60.7 Å². The summed E-state index contributed by atoms with van der Waals surface area (Å²) in [4.78, 5) is 61.9. The molecule has 12 nitrogen and oxygen atoms in total. The number of carboxylic acid groups (broad SMARTS) is 2. The molecule has 8 N–H and O–H groups in total. The number of rotatable bonds is 15. The average Bonchev–Trinajstić information content (AvgIpc) is 2.90. The van der Waals surface area contributed by atoms with Crippen LogP contribution in [0.2, 0.25) is 0 Å². The molecule has 12 heteroatoms. The molecule has 0 radical (unpaired) electrons. The Kier molecular flexibility index (Phi) is 12.1. The van der Waals surface area contributed by atoms with Crippen LogP contribution in [0.5, 0.6) is 0 Å². The summed E-state index contributed by atoms with van der Waals surface area (Å²) in [5.74, 6) is -5.04. The van der Waals surface area contributed by atoms with E-state index < -0.39 is 66.4 Å². The molecular formula is C27H34N4O8. The van der Waals surface area contributed by atoms with E-state index in [-0.39, 0.29) is 19.3 Å². The fourth-order valence-electron chi connectivity index (χ4n) is 3.68. The number of carboxylic acids is 2. The lowest BCUT2D eigenvalue weighted by molar-refractivity contribution is -0.143. The summed E-state index contributed by atoms with van der Waals surface area (Å²) in [6.45, 7) is 1.32. The van der Waals surface area contributed by atoms with Crippen molar-refractivity contribution in [3.8, 4) is 0 Å². The van der Waals surface area contributed by atoms with Crippen molar-refractivity contribution in [2.24, 2.45) is 5.73 Å². The quantitative estimate of drug-likeness (QED) is 0.156. The molecule has 0 aromatic heterocycles. The zero-order chi connectivity index (χ0) is 28.9. The maximum atomic E-state index is 13.3. The van der Waals surface area contributed by atoms with Crippen molar-refractivity contribution < 1.29 is 39.3 Å². The molecule has 0 saturated carbocycles. The first-order chi connectivity index (χ1) is 18.5. The minimum absolute atomic E-state index is 0.00394. The highest BCUT2D eigenvalue weighted by Gasteiger charge is 2.31. The van der Waals surface area contributed by atoms with Crippen molar-refractivity contribution in [1.82, 2.24) is 16.0 Å². The van der Waals surface area contributed by atoms with Gasteiger partial charge in [-0.1, -0.05) is 60.7 Å². The summed E-state index contributed by atoms with van der Waals surface area (Å²) in [5, 5.41) is 35.7. The van der Waals surface area contributed by atoms with E-state index in [0.717, 1.165) is 0 Å². The van der Waals surface area contributed by atoms with Crippen LogP contribution in [0.25, 0.3) is 0 Å². The van der Waals surface area contributed by atoms with Gasteiger partial charge in [0.2, 0.25) is 17.7 Å². The van der Waals surface area contributed by atoms with Gasteiger partial charge in [-0.3, -0.25) is 19.2 Å². The van der Waals surface area contributed by atoms with Gasteiger partial charge in [-0.15, -0.1) is 0 Å². The summed E-state index contributed by atoms with van der Waals surface area (Å²) in [7, 11) is 0. The Morgan fingerprint density at radius 2 is 1.15 bits per heavy atom. The first kappa shape index (κ1) is 30.9. The molecule has 0 aliphatic carbocycles. The van der Waals surface area contributed by atoms with E-state index >= 15 is 0 Å². The van der Waals surface area contributed by atoms with Crippen LogP contribution < -0.4 is 21.7 Å². The van der Waals surface area contributed by atoms with Gasteiger partial charge in [0.15, 0.2) is 0 Å². The number of carbonyl (C=O) groups is 5. The minimum atomic E-state index is -1.41. The van der Waals surface area contributed by atoms with Crippen LogP contribution in [0.3, 0.4) is 0 Å². The van der Waals surface area contributed by atoms with Crippen molar-refractivity contribution in [3.63, 3.8) is 0 Å². The fraction of sp³-hybridized carbons (Fsp3) is 0.370. The normalized spacial score (nSPS) is 14.6. The van der Waals surface area contributed by atoms with Gasteiger partial charge in [-0.2, -0.15) is 0 Å². The second-order valence-corrected chi connectivity index (χ2v) is 9.10. The maximum Gasteiger partial charge on any atom is 0.326 e. The van der Waals surface area contributed by atoms with E-state index in [1.807, 2.05) is 0 Å². The Labute approximate surface area is 225 Å². The number of hydrogen-bond acceptors (Lipinski definition) is 7. The van der Waals surface area contributed by atoms with Crippen molar-refractivity contribution in [3.05, 3.63) is 71.8 Å². The summed E-state index contributed by atoms with van der Waals surface area (Å²) in [6, 6.07) is 11.9. The Bertz CT molecular complexity index is 1130. The third-order valence-corrected chi connectivity index (χ3v) is 5.92. The minimum Gasteiger partial charge on any atom is -0.481 e. The molecule has 0 spiro atoms. The molecular weight excluding hydrogens is 508 g/mol. The highest BCUT2D eigenvalue weighted by molar-refractivity contribution is 5.94. The zero-order valence-corrected chi connectivity index (χ0v) is 21.4. The molecule has 0 heterocycles. The molecule has 5 unspecified atom stereocenters. The fourth-order valence-corrected chi connectivity index (χ4v) is 3.68. The molecule has 0 aliphatic rings.